The van der Waals surface area contributed by atoms with Crippen LogP contribution in [0.1, 0.15) is 44.6 Å². The van der Waals surface area contributed by atoms with Crippen molar-refractivity contribution >= 4 is 23.2 Å². The quantitative estimate of drug-likeness (QED) is 0.551. The molecule has 0 spiro atoms. The van der Waals surface area contributed by atoms with Crippen molar-refractivity contribution in [3.8, 4) is 5.75 Å². The third kappa shape index (κ3) is 6.06. The van der Waals surface area contributed by atoms with Gasteiger partial charge < -0.3 is 10.1 Å². The molecule has 1 aliphatic rings. The number of aryl methyl sites for hydroxylation is 1. The van der Waals surface area contributed by atoms with Crippen LogP contribution in [-0.2, 0) is 11.2 Å². The smallest absolute Gasteiger partial charge is 0.238 e. The maximum absolute atomic E-state index is 11.9. The van der Waals surface area contributed by atoms with E-state index in [-0.39, 0.29) is 5.91 Å². The van der Waals surface area contributed by atoms with E-state index >= 15 is 0 Å². The summed E-state index contributed by atoms with van der Waals surface area (Å²) in [4.78, 5) is 11.9. The topological polar surface area (TPSA) is 62.4 Å². The molecule has 3 N–H and O–H groups in total. The number of amides is 1. The molecular weight excluding hydrogens is 310 g/mol. The Morgan fingerprint density at radius 2 is 2.00 bits per heavy atom. The molecule has 0 aromatic heterocycles. The fraction of sp³-hybridized carbons (Fsp3) is 0.529. The number of ether oxygens (including phenoxy) is 1. The van der Waals surface area contributed by atoms with Crippen molar-refractivity contribution in [2.75, 3.05) is 6.61 Å². The van der Waals surface area contributed by atoms with Gasteiger partial charge in [0.25, 0.3) is 0 Å². The maximum atomic E-state index is 11.9. The first-order valence-corrected chi connectivity index (χ1v) is 8.66. The third-order valence-corrected chi connectivity index (χ3v) is 4.12. The summed E-state index contributed by atoms with van der Waals surface area (Å²) in [5, 5.41) is 3.71. The fourth-order valence-electron chi connectivity index (χ4n) is 2.74. The van der Waals surface area contributed by atoms with Gasteiger partial charge in [0.1, 0.15) is 5.75 Å². The van der Waals surface area contributed by atoms with Crippen molar-refractivity contribution in [1.82, 2.24) is 16.2 Å². The van der Waals surface area contributed by atoms with Gasteiger partial charge in [0.05, 0.1) is 6.61 Å². The first-order valence-electron chi connectivity index (χ1n) is 8.25. The van der Waals surface area contributed by atoms with E-state index in [4.69, 9.17) is 17.0 Å². The van der Waals surface area contributed by atoms with Crippen LogP contribution in [0.15, 0.2) is 24.3 Å². The van der Waals surface area contributed by atoms with Crippen LogP contribution in [-0.4, -0.2) is 23.7 Å². The summed E-state index contributed by atoms with van der Waals surface area (Å²) in [6, 6.07) is 8.23. The molecule has 1 fully saturated rings. The zero-order chi connectivity index (χ0) is 16.5. The van der Waals surface area contributed by atoms with Gasteiger partial charge in [0.2, 0.25) is 5.91 Å². The summed E-state index contributed by atoms with van der Waals surface area (Å²) in [5.74, 6) is 0.751. The molecule has 0 heterocycles. The van der Waals surface area contributed by atoms with Crippen molar-refractivity contribution < 1.29 is 9.53 Å². The van der Waals surface area contributed by atoms with Gasteiger partial charge in [0, 0.05) is 12.5 Å². The summed E-state index contributed by atoms with van der Waals surface area (Å²) in [6.07, 6.45) is 5.78. The second kappa shape index (κ2) is 9.35. The second-order valence-corrected chi connectivity index (χ2v) is 6.08. The highest BCUT2D eigenvalue weighted by Gasteiger charge is 2.15. The molecule has 0 radical (unpaired) electrons. The van der Waals surface area contributed by atoms with Crippen molar-refractivity contribution in [1.29, 1.82) is 0 Å². The lowest BCUT2D eigenvalue weighted by molar-refractivity contribution is -0.121. The standard InChI is InChI=1S/C17H25N3O2S/c1-2-22-15-10-6-3-7-13(15)11-12-16(21)19-20-17(23)18-14-8-4-5-9-14/h3,6-7,10,14H,2,4-5,8-9,11-12H2,1H3,(H,19,21)(H2,18,20,23). The van der Waals surface area contributed by atoms with E-state index < -0.39 is 0 Å². The number of hydrogen-bond donors (Lipinski definition) is 3. The molecule has 5 nitrogen and oxygen atoms in total. The van der Waals surface area contributed by atoms with Gasteiger partial charge >= 0.3 is 0 Å². The lowest BCUT2D eigenvalue weighted by Crippen LogP contribution is -2.49. The number of benzene rings is 1. The molecule has 0 saturated heterocycles. The molecule has 6 heteroatoms. The molecule has 1 aromatic rings. The normalized spacial score (nSPS) is 14.3. The van der Waals surface area contributed by atoms with E-state index in [0.717, 1.165) is 24.2 Å². The molecule has 0 atom stereocenters. The molecule has 0 unspecified atom stereocenters. The summed E-state index contributed by atoms with van der Waals surface area (Å²) < 4.78 is 5.56. The van der Waals surface area contributed by atoms with Gasteiger partial charge in [0.15, 0.2) is 5.11 Å². The van der Waals surface area contributed by atoms with E-state index in [2.05, 4.69) is 16.2 Å². The largest absolute Gasteiger partial charge is 0.494 e. The number of rotatable bonds is 6. The molecule has 1 saturated carbocycles. The Morgan fingerprint density at radius 3 is 2.74 bits per heavy atom. The Balaban J connectivity index is 1.69. The zero-order valence-electron chi connectivity index (χ0n) is 13.6. The van der Waals surface area contributed by atoms with Crippen LogP contribution in [0, 0.1) is 0 Å². The van der Waals surface area contributed by atoms with Crippen LogP contribution in [0.5, 0.6) is 5.75 Å². The summed E-state index contributed by atoms with van der Waals surface area (Å²) in [7, 11) is 0. The highest BCUT2D eigenvalue weighted by atomic mass is 32.1. The van der Waals surface area contributed by atoms with Crippen LogP contribution < -0.4 is 20.9 Å². The van der Waals surface area contributed by atoms with Gasteiger partial charge in [-0.3, -0.25) is 15.6 Å². The summed E-state index contributed by atoms with van der Waals surface area (Å²) in [6.45, 7) is 2.57. The third-order valence-electron chi connectivity index (χ3n) is 3.90. The van der Waals surface area contributed by atoms with Crippen LogP contribution in [0.25, 0.3) is 0 Å². The Bertz CT molecular complexity index is 530. The number of thiocarbonyl (C=S) groups is 1. The Hall–Kier alpha value is -1.82. The Morgan fingerprint density at radius 1 is 1.26 bits per heavy atom. The van der Waals surface area contributed by atoms with Crippen molar-refractivity contribution in [3.05, 3.63) is 29.8 Å². The van der Waals surface area contributed by atoms with E-state index in [1.165, 1.54) is 12.8 Å². The number of carbonyl (C=O) groups excluding carboxylic acids is 1. The predicted molar refractivity (Wildman–Crippen MR) is 95.2 cm³/mol. The minimum atomic E-state index is -0.0909. The highest BCUT2D eigenvalue weighted by molar-refractivity contribution is 7.80. The van der Waals surface area contributed by atoms with E-state index in [1.807, 2.05) is 31.2 Å². The van der Waals surface area contributed by atoms with E-state index in [1.54, 1.807) is 0 Å². The molecule has 126 valence electrons. The second-order valence-electron chi connectivity index (χ2n) is 5.67. The number of hydrogen-bond acceptors (Lipinski definition) is 3. The highest BCUT2D eigenvalue weighted by Crippen LogP contribution is 2.19. The number of nitrogens with one attached hydrogen (secondary N) is 3. The average Bonchev–Trinajstić information content (AvgIpc) is 3.05. The lowest BCUT2D eigenvalue weighted by atomic mass is 10.1. The molecular formula is C17H25N3O2S. The molecule has 0 aliphatic heterocycles. The van der Waals surface area contributed by atoms with Crippen LogP contribution in [0.4, 0.5) is 0 Å². The number of para-hydroxylation sites is 1. The van der Waals surface area contributed by atoms with Crippen molar-refractivity contribution in [3.63, 3.8) is 0 Å². The minimum absolute atomic E-state index is 0.0909. The molecule has 1 aliphatic carbocycles. The van der Waals surface area contributed by atoms with E-state index in [9.17, 15) is 4.79 Å². The molecule has 1 amide bonds. The van der Waals surface area contributed by atoms with Crippen molar-refractivity contribution in [2.45, 2.75) is 51.5 Å². The van der Waals surface area contributed by atoms with Gasteiger partial charge in [-0.2, -0.15) is 0 Å². The van der Waals surface area contributed by atoms with E-state index in [0.29, 0.717) is 30.6 Å². The Kier molecular flexibility index (Phi) is 7.13. The zero-order valence-corrected chi connectivity index (χ0v) is 14.4. The average molecular weight is 335 g/mol. The summed E-state index contributed by atoms with van der Waals surface area (Å²) in [5.41, 5.74) is 6.46. The molecule has 2 rings (SSSR count). The first kappa shape index (κ1) is 17.5. The predicted octanol–water partition coefficient (Wildman–Crippen LogP) is 2.46. The molecule has 0 bridgehead atoms. The monoisotopic (exact) mass is 335 g/mol. The van der Waals surface area contributed by atoms with Gasteiger partial charge in [-0.15, -0.1) is 0 Å². The molecule has 23 heavy (non-hydrogen) atoms. The summed E-state index contributed by atoms with van der Waals surface area (Å²) >= 11 is 5.18. The molecule has 1 aromatic carbocycles. The maximum Gasteiger partial charge on any atom is 0.238 e. The lowest BCUT2D eigenvalue weighted by Gasteiger charge is -2.16. The van der Waals surface area contributed by atoms with Gasteiger partial charge in [-0.25, -0.2) is 0 Å². The first-order chi connectivity index (χ1) is 11.2. The van der Waals surface area contributed by atoms with Crippen LogP contribution in [0.3, 0.4) is 0 Å². The van der Waals surface area contributed by atoms with Gasteiger partial charge in [-0.1, -0.05) is 31.0 Å². The van der Waals surface area contributed by atoms with Crippen LogP contribution in [0.2, 0.25) is 0 Å². The Labute approximate surface area is 143 Å². The number of carbonyl (C=O) groups is 1. The van der Waals surface area contributed by atoms with Crippen molar-refractivity contribution in [2.24, 2.45) is 0 Å². The number of hydrazine groups is 1. The minimum Gasteiger partial charge on any atom is -0.494 e. The fourth-order valence-corrected chi connectivity index (χ4v) is 2.95. The van der Waals surface area contributed by atoms with Crippen LogP contribution >= 0.6 is 12.2 Å². The van der Waals surface area contributed by atoms with Gasteiger partial charge in [-0.05, 0) is 50.0 Å². The SMILES string of the molecule is CCOc1ccccc1CCC(=O)NNC(=S)NC1CCCC1.